The normalized spacial score (nSPS) is 16.0. The van der Waals surface area contributed by atoms with Crippen molar-refractivity contribution in [3.8, 4) is 0 Å². The number of aliphatic hydroxyl groups is 1. The number of allylic oxidation sites excluding steroid dienone is 1. The largest absolute Gasteiger partial charge is 0.392 e. The van der Waals surface area contributed by atoms with Gasteiger partial charge in [0.2, 0.25) is 0 Å². The first kappa shape index (κ1) is 13.7. The van der Waals surface area contributed by atoms with E-state index in [0.717, 1.165) is 18.3 Å². The minimum atomic E-state index is 0.182. The molecule has 0 saturated heterocycles. The molecule has 1 nitrogen and oxygen atoms in total. The van der Waals surface area contributed by atoms with Gasteiger partial charge < -0.3 is 5.11 Å². The molecule has 0 aromatic heterocycles. The molecule has 0 fully saturated rings. The van der Waals surface area contributed by atoms with Gasteiger partial charge in [-0.1, -0.05) is 58.6 Å². The Kier molecular flexibility index (Phi) is 9.06. The Morgan fingerprint density at radius 2 is 1.71 bits per heavy atom. The van der Waals surface area contributed by atoms with E-state index in [1.165, 1.54) is 25.7 Å². The third-order valence-electron chi connectivity index (χ3n) is 2.92. The van der Waals surface area contributed by atoms with E-state index in [2.05, 4.69) is 26.8 Å². The number of hydrogen-bond donors (Lipinski definition) is 1. The second-order valence-corrected chi connectivity index (χ2v) is 4.20. The van der Waals surface area contributed by atoms with Crippen LogP contribution in [0, 0.1) is 11.8 Å². The highest BCUT2D eigenvalue weighted by Crippen LogP contribution is 2.25. The van der Waals surface area contributed by atoms with Gasteiger partial charge in [0.25, 0.3) is 0 Å². The van der Waals surface area contributed by atoms with Gasteiger partial charge in [-0.15, -0.1) is 0 Å². The van der Waals surface area contributed by atoms with Gasteiger partial charge in [0, 0.05) is 0 Å². The maximum Gasteiger partial charge on any atom is 0.0612 e. The molecule has 0 rings (SSSR count). The van der Waals surface area contributed by atoms with E-state index in [4.69, 9.17) is 5.11 Å². The highest BCUT2D eigenvalue weighted by Gasteiger charge is 2.13. The highest BCUT2D eigenvalue weighted by atomic mass is 16.2. The Balaban J connectivity index is 3.92. The Bertz CT molecular complexity index is 140. The van der Waals surface area contributed by atoms with Crippen LogP contribution in [-0.4, -0.2) is 11.7 Å². The second-order valence-electron chi connectivity index (χ2n) is 4.20. The van der Waals surface area contributed by atoms with Crippen molar-refractivity contribution in [3.05, 3.63) is 12.2 Å². The van der Waals surface area contributed by atoms with Crippen LogP contribution in [0.4, 0.5) is 0 Å². The molecule has 2 atom stereocenters. The first-order valence-electron chi connectivity index (χ1n) is 6.02. The average molecular weight is 198 g/mol. The molecule has 0 spiro atoms. The number of rotatable bonds is 8. The first-order chi connectivity index (χ1) is 6.76. The molecule has 1 N–H and O–H groups in total. The molecule has 2 unspecified atom stereocenters. The SMILES string of the molecule is CCCC(C)C(CC=CCO)CCC. The molecule has 0 saturated carbocycles. The van der Waals surface area contributed by atoms with E-state index in [1.54, 1.807) is 0 Å². The molecule has 0 aromatic carbocycles. The zero-order valence-corrected chi connectivity index (χ0v) is 10.00. The van der Waals surface area contributed by atoms with Crippen molar-refractivity contribution in [3.63, 3.8) is 0 Å². The summed E-state index contributed by atoms with van der Waals surface area (Å²) in [6.07, 6.45) is 10.3. The molecular weight excluding hydrogens is 172 g/mol. The van der Waals surface area contributed by atoms with Crippen LogP contribution in [0.2, 0.25) is 0 Å². The van der Waals surface area contributed by atoms with E-state index >= 15 is 0 Å². The third-order valence-corrected chi connectivity index (χ3v) is 2.92. The van der Waals surface area contributed by atoms with Crippen molar-refractivity contribution in [1.29, 1.82) is 0 Å². The van der Waals surface area contributed by atoms with Gasteiger partial charge in [-0.2, -0.15) is 0 Å². The predicted octanol–water partition coefficient (Wildman–Crippen LogP) is 3.78. The molecule has 0 aromatic rings. The van der Waals surface area contributed by atoms with E-state index in [9.17, 15) is 0 Å². The quantitative estimate of drug-likeness (QED) is 0.588. The maximum atomic E-state index is 8.66. The molecule has 0 bridgehead atoms. The summed E-state index contributed by atoms with van der Waals surface area (Å²) in [5.74, 6) is 1.63. The smallest absolute Gasteiger partial charge is 0.0612 e. The van der Waals surface area contributed by atoms with Gasteiger partial charge in [-0.25, -0.2) is 0 Å². The Hall–Kier alpha value is -0.300. The fourth-order valence-corrected chi connectivity index (χ4v) is 2.04. The minimum Gasteiger partial charge on any atom is -0.392 e. The molecular formula is C13H26O. The number of aliphatic hydroxyl groups excluding tert-OH is 1. The van der Waals surface area contributed by atoms with E-state index in [-0.39, 0.29) is 6.61 Å². The van der Waals surface area contributed by atoms with Crippen LogP contribution in [0.5, 0.6) is 0 Å². The fourth-order valence-electron chi connectivity index (χ4n) is 2.04. The molecule has 0 heterocycles. The average Bonchev–Trinajstić information content (AvgIpc) is 2.17. The van der Waals surface area contributed by atoms with E-state index < -0.39 is 0 Å². The first-order valence-corrected chi connectivity index (χ1v) is 6.02. The van der Waals surface area contributed by atoms with Crippen LogP contribution >= 0.6 is 0 Å². The molecule has 14 heavy (non-hydrogen) atoms. The second kappa shape index (κ2) is 9.26. The summed E-state index contributed by atoms with van der Waals surface area (Å²) in [7, 11) is 0. The van der Waals surface area contributed by atoms with Crippen LogP contribution in [0.15, 0.2) is 12.2 Å². The Labute approximate surface area is 89.2 Å². The summed E-state index contributed by atoms with van der Waals surface area (Å²) in [5.41, 5.74) is 0. The summed E-state index contributed by atoms with van der Waals surface area (Å²) < 4.78 is 0. The molecule has 0 aliphatic rings. The molecule has 1 heteroatoms. The Morgan fingerprint density at radius 1 is 1.07 bits per heavy atom. The van der Waals surface area contributed by atoms with Crippen LogP contribution in [0.25, 0.3) is 0 Å². The van der Waals surface area contributed by atoms with Crippen molar-refractivity contribution in [2.24, 2.45) is 11.8 Å². The summed E-state index contributed by atoms with van der Waals surface area (Å²) in [4.78, 5) is 0. The topological polar surface area (TPSA) is 20.2 Å². The van der Waals surface area contributed by atoms with E-state index in [1.807, 2.05) is 6.08 Å². The third kappa shape index (κ3) is 6.20. The van der Waals surface area contributed by atoms with Gasteiger partial charge >= 0.3 is 0 Å². The molecule has 0 aliphatic carbocycles. The van der Waals surface area contributed by atoms with Crippen molar-refractivity contribution in [2.75, 3.05) is 6.61 Å². The Morgan fingerprint density at radius 3 is 2.21 bits per heavy atom. The van der Waals surface area contributed by atoms with Crippen LogP contribution in [0.1, 0.15) is 52.9 Å². The van der Waals surface area contributed by atoms with Gasteiger partial charge in [0.15, 0.2) is 0 Å². The number of hydrogen-bond acceptors (Lipinski definition) is 1. The van der Waals surface area contributed by atoms with Crippen molar-refractivity contribution < 1.29 is 5.11 Å². The minimum absolute atomic E-state index is 0.182. The van der Waals surface area contributed by atoms with Crippen molar-refractivity contribution >= 4 is 0 Å². The zero-order chi connectivity index (χ0) is 10.8. The van der Waals surface area contributed by atoms with Crippen molar-refractivity contribution in [1.82, 2.24) is 0 Å². The molecule has 0 aliphatic heterocycles. The van der Waals surface area contributed by atoms with E-state index in [0.29, 0.717) is 0 Å². The highest BCUT2D eigenvalue weighted by molar-refractivity contribution is 4.84. The standard InChI is InChI=1S/C13H26O/c1-4-8-12(3)13(9-5-2)10-6-7-11-14/h6-7,12-14H,4-5,8-11H2,1-3H3. The lowest BCUT2D eigenvalue weighted by atomic mass is 9.84. The zero-order valence-electron chi connectivity index (χ0n) is 10.00. The van der Waals surface area contributed by atoms with Gasteiger partial charge in [0.05, 0.1) is 6.61 Å². The maximum absolute atomic E-state index is 8.66. The lowest BCUT2D eigenvalue weighted by molar-refractivity contribution is 0.313. The summed E-state index contributed by atoms with van der Waals surface area (Å²) in [6, 6.07) is 0. The lowest BCUT2D eigenvalue weighted by Crippen LogP contribution is -2.10. The van der Waals surface area contributed by atoms with Crippen LogP contribution < -0.4 is 0 Å². The molecule has 84 valence electrons. The summed E-state index contributed by atoms with van der Waals surface area (Å²) in [5, 5.41) is 8.66. The van der Waals surface area contributed by atoms with Gasteiger partial charge in [0.1, 0.15) is 0 Å². The predicted molar refractivity (Wildman–Crippen MR) is 63.3 cm³/mol. The lowest BCUT2D eigenvalue weighted by Gasteiger charge is -2.21. The summed E-state index contributed by atoms with van der Waals surface area (Å²) >= 11 is 0. The molecule has 0 amide bonds. The van der Waals surface area contributed by atoms with Crippen LogP contribution in [0.3, 0.4) is 0 Å². The monoisotopic (exact) mass is 198 g/mol. The van der Waals surface area contributed by atoms with Gasteiger partial charge in [-0.3, -0.25) is 0 Å². The van der Waals surface area contributed by atoms with Gasteiger partial charge in [-0.05, 0) is 18.3 Å². The van der Waals surface area contributed by atoms with Crippen molar-refractivity contribution in [2.45, 2.75) is 52.9 Å². The fraction of sp³-hybridized carbons (Fsp3) is 0.846. The molecule has 0 radical (unpaired) electrons. The summed E-state index contributed by atoms with van der Waals surface area (Å²) in [6.45, 7) is 7.04. The van der Waals surface area contributed by atoms with Crippen LogP contribution in [-0.2, 0) is 0 Å².